The molecule has 0 heterocycles. The van der Waals surface area contributed by atoms with Crippen LogP contribution in [0.15, 0.2) is 48.5 Å². The van der Waals surface area contributed by atoms with E-state index in [1.54, 1.807) is 0 Å². The van der Waals surface area contributed by atoms with E-state index in [9.17, 15) is 5.11 Å². The Labute approximate surface area is 137 Å². The van der Waals surface area contributed by atoms with Crippen LogP contribution in [-0.2, 0) is 5.41 Å². The van der Waals surface area contributed by atoms with Crippen molar-refractivity contribution < 1.29 is 5.11 Å². The maximum Gasteiger partial charge on any atom is 0.0626 e. The topological polar surface area (TPSA) is 32.3 Å². The number of halogens is 1. The Hall–Kier alpha value is -1.35. The number of benzene rings is 2. The molecule has 0 saturated heterocycles. The first-order chi connectivity index (χ1) is 10.5. The van der Waals surface area contributed by atoms with Gasteiger partial charge in [0.05, 0.1) is 12.6 Å². The zero-order valence-electron chi connectivity index (χ0n) is 13.0. The van der Waals surface area contributed by atoms with Gasteiger partial charge in [0, 0.05) is 11.1 Å². The van der Waals surface area contributed by atoms with Gasteiger partial charge in [-0.25, -0.2) is 0 Å². The second-order valence-electron chi connectivity index (χ2n) is 6.68. The quantitative estimate of drug-likeness (QED) is 0.877. The summed E-state index contributed by atoms with van der Waals surface area (Å²) in [5, 5.41) is 14.2. The molecule has 0 amide bonds. The second kappa shape index (κ2) is 6.04. The van der Waals surface area contributed by atoms with E-state index < -0.39 is 0 Å². The minimum Gasteiger partial charge on any atom is -0.394 e. The fourth-order valence-corrected chi connectivity index (χ4v) is 3.65. The van der Waals surface area contributed by atoms with E-state index in [0.29, 0.717) is 0 Å². The summed E-state index contributed by atoms with van der Waals surface area (Å²) in [6.07, 6.45) is 1.01. The highest BCUT2D eigenvalue weighted by molar-refractivity contribution is 6.30. The second-order valence-corrected chi connectivity index (χ2v) is 7.12. The van der Waals surface area contributed by atoms with Crippen LogP contribution in [-0.4, -0.2) is 11.7 Å². The lowest BCUT2D eigenvalue weighted by atomic mass is 9.86. The summed E-state index contributed by atoms with van der Waals surface area (Å²) in [7, 11) is 0. The van der Waals surface area contributed by atoms with Gasteiger partial charge in [-0.15, -0.1) is 0 Å². The Kier molecular flexibility index (Phi) is 4.26. The van der Waals surface area contributed by atoms with Crippen LogP contribution in [0, 0.1) is 0 Å². The van der Waals surface area contributed by atoms with Crippen LogP contribution < -0.4 is 5.32 Å². The summed E-state index contributed by atoms with van der Waals surface area (Å²) in [6, 6.07) is 16.4. The molecule has 0 bridgehead atoms. The van der Waals surface area contributed by atoms with Gasteiger partial charge in [-0.05, 0) is 40.7 Å². The number of hydrogen-bond acceptors (Lipinski definition) is 2. The normalized spacial score (nSPS) is 20.6. The van der Waals surface area contributed by atoms with Crippen LogP contribution in [0.2, 0.25) is 5.02 Å². The molecule has 3 heteroatoms. The fourth-order valence-electron chi connectivity index (χ4n) is 3.48. The summed E-state index contributed by atoms with van der Waals surface area (Å²) >= 11 is 6.17. The predicted octanol–water partition coefficient (Wildman–Crippen LogP) is 4.39. The number of aliphatic hydroxyl groups is 1. The lowest BCUT2D eigenvalue weighted by Crippen LogP contribution is -2.28. The van der Waals surface area contributed by atoms with Crippen molar-refractivity contribution in [2.45, 2.75) is 37.8 Å². The van der Waals surface area contributed by atoms with Crippen molar-refractivity contribution in [3.05, 3.63) is 70.2 Å². The fraction of sp³-hybridized carbons (Fsp3) is 0.368. The van der Waals surface area contributed by atoms with Crippen molar-refractivity contribution in [3.8, 4) is 0 Å². The highest BCUT2D eigenvalue weighted by Gasteiger charge is 2.37. The zero-order chi connectivity index (χ0) is 15.7. The lowest BCUT2D eigenvalue weighted by Gasteiger charge is -2.24. The summed E-state index contributed by atoms with van der Waals surface area (Å²) in [5.74, 6) is 0. The van der Waals surface area contributed by atoms with Crippen LogP contribution in [0.1, 0.15) is 49.0 Å². The summed E-state index contributed by atoms with van der Waals surface area (Å²) < 4.78 is 0. The number of aliphatic hydroxyl groups excluding tert-OH is 1. The largest absolute Gasteiger partial charge is 0.394 e. The molecule has 2 N–H and O–H groups in total. The Morgan fingerprint density at radius 3 is 2.64 bits per heavy atom. The first kappa shape index (κ1) is 15.5. The third-order valence-electron chi connectivity index (χ3n) is 4.62. The molecule has 116 valence electrons. The van der Waals surface area contributed by atoms with Gasteiger partial charge < -0.3 is 10.4 Å². The van der Waals surface area contributed by atoms with Crippen molar-refractivity contribution in [2.24, 2.45) is 0 Å². The molecule has 2 aromatic rings. The molecule has 0 radical (unpaired) electrons. The summed E-state index contributed by atoms with van der Waals surface area (Å²) in [4.78, 5) is 0. The molecule has 0 unspecified atom stereocenters. The zero-order valence-corrected chi connectivity index (χ0v) is 13.8. The predicted molar refractivity (Wildman–Crippen MR) is 91.2 cm³/mol. The third-order valence-corrected chi connectivity index (χ3v) is 4.86. The van der Waals surface area contributed by atoms with Gasteiger partial charge in [-0.2, -0.15) is 0 Å². The average molecular weight is 316 g/mol. The van der Waals surface area contributed by atoms with Crippen molar-refractivity contribution in [1.29, 1.82) is 0 Å². The Bertz CT molecular complexity index is 654. The van der Waals surface area contributed by atoms with Gasteiger partial charge in [-0.1, -0.05) is 61.8 Å². The average Bonchev–Trinajstić information content (AvgIpc) is 2.76. The first-order valence-electron chi connectivity index (χ1n) is 7.73. The Morgan fingerprint density at radius 2 is 1.95 bits per heavy atom. The number of hydrogen-bond donors (Lipinski definition) is 2. The molecule has 1 aliphatic carbocycles. The van der Waals surface area contributed by atoms with E-state index in [4.69, 9.17) is 11.6 Å². The van der Waals surface area contributed by atoms with Gasteiger partial charge >= 0.3 is 0 Å². The smallest absolute Gasteiger partial charge is 0.0626 e. The van der Waals surface area contributed by atoms with Crippen LogP contribution in [0.3, 0.4) is 0 Å². The summed E-state index contributed by atoms with van der Waals surface area (Å²) in [6.45, 7) is 4.59. The van der Waals surface area contributed by atoms with E-state index in [1.165, 1.54) is 11.1 Å². The van der Waals surface area contributed by atoms with Gasteiger partial charge in [-0.3, -0.25) is 0 Å². The van der Waals surface area contributed by atoms with Gasteiger partial charge in [0.1, 0.15) is 0 Å². The number of nitrogens with one attached hydrogen (secondary N) is 1. The van der Waals surface area contributed by atoms with E-state index >= 15 is 0 Å². The van der Waals surface area contributed by atoms with Crippen molar-refractivity contribution in [2.75, 3.05) is 6.61 Å². The molecule has 2 nitrogen and oxygen atoms in total. The van der Waals surface area contributed by atoms with Crippen LogP contribution in [0.5, 0.6) is 0 Å². The van der Waals surface area contributed by atoms with Gasteiger partial charge in [0.25, 0.3) is 0 Å². The van der Waals surface area contributed by atoms with Crippen LogP contribution in [0.25, 0.3) is 0 Å². The number of fused-ring (bicyclic) bond motifs is 1. The Balaban J connectivity index is 1.88. The van der Waals surface area contributed by atoms with E-state index in [1.807, 2.05) is 24.3 Å². The highest BCUT2D eigenvalue weighted by Crippen LogP contribution is 2.46. The minimum absolute atomic E-state index is 0.0522. The molecule has 3 rings (SSSR count). The maximum atomic E-state index is 9.78. The van der Waals surface area contributed by atoms with Crippen molar-refractivity contribution in [3.63, 3.8) is 0 Å². The van der Waals surface area contributed by atoms with Crippen LogP contribution in [0.4, 0.5) is 0 Å². The lowest BCUT2D eigenvalue weighted by molar-refractivity contribution is 0.229. The first-order valence-corrected chi connectivity index (χ1v) is 8.11. The van der Waals surface area contributed by atoms with Gasteiger partial charge in [0.15, 0.2) is 0 Å². The maximum absolute atomic E-state index is 9.78. The molecule has 0 fully saturated rings. The molecule has 22 heavy (non-hydrogen) atoms. The standard InChI is InChI=1S/C19H22ClNO/c1-19(2)11-17(15-9-8-14(20)10-16(15)19)21-18(12-22)13-6-4-3-5-7-13/h3-10,17-18,21-22H,11-12H2,1-2H3/t17-,18-/m0/s1. The van der Waals surface area contributed by atoms with E-state index in [-0.39, 0.29) is 24.1 Å². The summed E-state index contributed by atoms with van der Waals surface area (Å²) in [5.41, 5.74) is 3.81. The number of rotatable bonds is 4. The molecule has 0 aliphatic heterocycles. The molecule has 0 aromatic heterocycles. The molecule has 2 atom stereocenters. The molecule has 2 aromatic carbocycles. The monoisotopic (exact) mass is 315 g/mol. The third kappa shape index (κ3) is 2.91. The van der Waals surface area contributed by atoms with E-state index in [2.05, 4.69) is 43.4 Å². The molecular formula is C19H22ClNO. The highest BCUT2D eigenvalue weighted by atomic mass is 35.5. The molecular weight excluding hydrogens is 294 g/mol. The molecule has 1 aliphatic rings. The van der Waals surface area contributed by atoms with Crippen molar-refractivity contribution >= 4 is 11.6 Å². The van der Waals surface area contributed by atoms with E-state index in [0.717, 1.165) is 17.0 Å². The minimum atomic E-state index is -0.0522. The molecule has 0 saturated carbocycles. The van der Waals surface area contributed by atoms with Crippen molar-refractivity contribution in [1.82, 2.24) is 5.32 Å². The SMILES string of the molecule is CC1(C)C[C@H](N[C@@H](CO)c2ccccc2)c2ccc(Cl)cc21. The molecule has 0 spiro atoms. The van der Waals surface area contributed by atoms with Gasteiger partial charge in [0.2, 0.25) is 0 Å². The Morgan fingerprint density at radius 1 is 1.23 bits per heavy atom. The van der Waals surface area contributed by atoms with Crippen LogP contribution >= 0.6 is 11.6 Å².